The highest BCUT2D eigenvalue weighted by atomic mass is 16.3. The molecule has 0 saturated carbocycles. The minimum absolute atomic E-state index is 0.173. The van der Waals surface area contributed by atoms with Crippen molar-refractivity contribution in [1.29, 1.82) is 0 Å². The van der Waals surface area contributed by atoms with Gasteiger partial charge in [0, 0.05) is 45.2 Å². The van der Waals surface area contributed by atoms with Crippen LogP contribution >= 0.6 is 0 Å². The van der Waals surface area contributed by atoms with Crippen molar-refractivity contribution in [3.63, 3.8) is 0 Å². The van der Waals surface area contributed by atoms with Crippen LogP contribution in [0.4, 0.5) is 11.5 Å². The number of rotatable bonds is 12. The van der Waals surface area contributed by atoms with Gasteiger partial charge in [-0.1, -0.05) is 49.9 Å². The number of carbonyl (C=O) groups excluding carboxylic acids is 2. The number of phenols is 1. The van der Waals surface area contributed by atoms with E-state index in [0.29, 0.717) is 23.5 Å². The monoisotopic (exact) mass is 640 g/mol. The number of imide groups is 1. The van der Waals surface area contributed by atoms with E-state index < -0.39 is 11.9 Å². The molecule has 0 spiro atoms. The van der Waals surface area contributed by atoms with E-state index in [4.69, 9.17) is 5.73 Å². The maximum absolute atomic E-state index is 13.2. The van der Waals surface area contributed by atoms with Crippen LogP contribution in [0.2, 0.25) is 0 Å². The molecule has 2 aliphatic heterocycles. The molecule has 0 aliphatic carbocycles. The molecule has 12 heteroatoms. The van der Waals surface area contributed by atoms with Crippen LogP contribution in [0.3, 0.4) is 0 Å². The molecule has 12 nitrogen and oxygen atoms in total. The number of unbranched alkanes of at least 4 members (excludes halogenated alkanes) is 5. The largest absolute Gasteiger partial charge is 0.507 e. The highest BCUT2D eigenvalue weighted by molar-refractivity contribution is 6.00. The Bertz CT molecular complexity index is 1810. The number of anilines is 2. The Balaban J connectivity index is 0.919. The first-order valence-electron chi connectivity index (χ1n) is 16.7. The molecule has 2 aromatic carbocycles. The van der Waals surface area contributed by atoms with Crippen LogP contribution in [-0.4, -0.2) is 73.9 Å². The predicted octanol–water partition coefficient (Wildman–Crippen LogP) is 3.77. The zero-order valence-electron chi connectivity index (χ0n) is 27.0. The second kappa shape index (κ2) is 14.4. The van der Waals surface area contributed by atoms with Gasteiger partial charge in [0.15, 0.2) is 5.82 Å². The van der Waals surface area contributed by atoms with Crippen molar-refractivity contribution in [2.24, 2.45) is 7.05 Å². The number of nitrogens with two attached hydrogens (primary N) is 1. The smallest absolute Gasteiger partial charge is 0.329 e. The van der Waals surface area contributed by atoms with E-state index in [9.17, 15) is 19.5 Å². The molecule has 2 saturated heterocycles. The summed E-state index contributed by atoms with van der Waals surface area (Å²) in [6, 6.07) is 14.3. The van der Waals surface area contributed by atoms with Gasteiger partial charge in [-0.15, -0.1) is 10.2 Å². The van der Waals surface area contributed by atoms with Gasteiger partial charge in [0.2, 0.25) is 11.8 Å². The van der Waals surface area contributed by atoms with E-state index in [1.807, 2.05) is 30.3 Å². The number of amides is 2. The average Bonchev–Trinajstić information content (AvgIpc) is 3.33. The quantitative estimate of drug-likeness (QED) is 0.155. The van der Waals surface area contributed by atoms with Crippen LogP contribution in [0.5, 0.6) is 5.75 Å². The Kier molecular flexibility index (Phi) is 9.86. The number of aromatic hydroxyl groups is 1. The van der Waals surface area contributed by atoms with Gasteiger partial charge in [-0.25, -0.2) is 4.79 Å². The van der Waals surface area contributed by atoms with E-state index >= 15 is 0 Å². The molecule has 248 valence electrons. The van der Waals surface area contributed by atoms with Crippen molar-refractivity contribution in [3.8, 4) is 17.0 Å². The first-order valence-corrected chi connectivity index (χ1v) is 16.7. The average molecular weight is 641 g/mol. The number of piperazine rings is 1. The van der Waals surface area contributed by atoms with Gasteiger partial charge in [-0.2, -0.15) is 0 Å². The van der Waals surface area contributed by atoms with Gasteiger partial charge < -0.3 is 15.7 Å². The predicted molar refractivity (Wildman–Crippen MR) is 182 cm³/mol. The lowest BCUT2D eigenvalue weighted by molar-refractivity contribution is -0.135. The molecule has 1 atom stereocenters. The standard InChI is InChI=1S/C35H44N8O4/c1-40-32-24(12-10-14-27(32)43(35(40)47)28-16-17-31(45)37-34(28)46)11-6-4-2-3-5-9-18-41-19-21-42(22-20-41)29-23-26(38-39-33(29)36)25-13-7-8-15-30(25)44/h7-8,10,12-15,23,28,44H,2-6,9,11,16-22H2,1H3,(H2,36,39)(H,37,45,46). The molecule has 47 heavy (non-hydrogen) atoms. The number of hydrogen-bond acceptors (Lipinski definition) is 9. The lowest BCUT2D eigenvalue weighted by atomic mass is 10.0. The van der Waals surface area contributed by atoms with Crippen LogP contribution in [0.1, 0.15) is 63.0 Å². The SMILES string of the molecule is Cn1c(=O)n(C2CCC(=O)NC2=O)c2cccc(CCCCCCCCN3CCN(c4cc(-c5ccccc5O)nnc4N)CC3)c21. The fraction of sp³-hybridized carbons (Fsp3) is 0.457. The third-order valence-corrected chi connectivity index (χ3v) is 9.57. The van der Waals surface area contributed by atoms with Gasteiger partial charge in [0.05, 0.1) is 22.4 Å². The van der Waals surface area contributed by atoms with Crippen molar-refractivity contribution >= 4 is 34.4 Å². The highest BCUT2D eigenvalue weighted by Crippen LogP contribution is 2.32. The van der Waals surface area contributed by atoms with Gasteiger partial charge in [0.25, 0.3) is 0 Å². The van der Waals surface area contributed by atoms with Crippen LogP contribution < -0.4 is 21.6 Å². The van der Waals surface area contributed by atoms with E-state index in [2.05, 4.69) is 31.4 Å². The molecule has 4 N–H and O–H groups in total. The Morgan fingerprint density at radius 2 is 1.66 bits per heavy atom. The number of aryl methyl sites for hydroxylation is 2. The maximum Gasteiger partial charge on any atom is 0.329 e. The summed E-state index contributed by atoms with van der Waals surface area (Å²) in [5.74, 6) is -0.113. The molecular weight excluding hydrogens is 596 g/mol. The Morgan fingerprint density at radius 3 is 2.43 bits per heavy atom. The molecule has 0 bridgehead atoms. The summed E-state index contributed by atoms with van der Waals surface area (Å²) in [6.07, 6.45) is 8.36. The number of phenolic OH excluding ortho intramolecular Hbond substituents is 1. The third-order valence-electron chi connectivity index (χ3n) is 9.57. The Hall–Kier alpha value is -4.71. The number of imidazole rings is 1. The minimum Gasteiger partial charge on any atom is -0.507 e. The van der Waals surface area contributed by atoms with Crippen LogP contribution in [0.15, 0.2) is 53.3 Å². The Morgan fingerprint density at radius 1 is 0.915 bits per heavy atom. The van der Waals surface area contributed by atoms with Crippen molar-refractivity contribution in [3.05, 3.63) is 64.6 Å². The molecule has 4 heterocycles. The van der Waals surface area contributed by atoms with Crippen molar-refractivity contribution in [2.45, 2.75) is 63.8 Å². The zero-order chi connectivity index (χ0) is 32.9. The minimum atomic E-state index is -0.662. The van der Waals surface area contributed by atoms with Crippen LogP contribution in [0.25, 0.3) is 22.3 Å². The maximum atomic E-state index is 13.2. The van der Waals surface area contributed by atoms with E-state index in [1.165, 1.54) is 25.7 Å². The first-order chi connectivity index (χ1) is 22.8. The summed E-state index contributed by atoms with van der Waals surface area (Å²) in [7, 11) is 1.76. The zero-order valence-corrected chi connectivity index (χ0v) is 27.0. The molecule has 1 unspecified atom stereocenters. The summed E-state index contributed by atoms with van der Waals surface area (Å²) >= 11 is 0. The third kappa shape index (κ3) is 7.02. The number of benzene rings is 2. The van der Waals surface area contributed by atoms with E-state index in [0.717, 1.165) is 74.3 Å². The Labute approximate surface area is 274 Å². The van der Waals surface area contributed by atoms with E-state index in [1.54, 1.807) is 28.3 Å². The van der Waals surface area contributed by atoms with Crippen LogP contribution in [-0.2, 0) is 23.1 Å². The molecule has 2 aliphatic rings. The molecule has 6 rings (SSSR count). The van der Waals surface area contributed by atoms with Gasteiger partial charge >= 0.3 is 5.69 Å². The summed E-state index contributed by atoms with van der Waals surface area (Å²) in [5.41, 5.74) is 10.8. The van der Waals surface area contributed by atoms with Gasteiger partial charge in [0.1, 0.15) is 11.8 Å². The first kappa shape index (κ1) is 32.2. The highest BCUT2D eigenvalue weighted by Gasteiger charge is 2.31. The molecular formula is C35H44N8O4. The van der Waals surface area contributed by atoms with Gasteiger partial charge in [-0.3, -0.25) is 28.9 Å². The van der Waals surface area contributed by atoms with E-state index in [-0.39, 0.29) is 23.8 Å². The summed E-state index contributed by atoms with van der Waals surface area (Å²) < 4.78 is 3.20. The lowest BCUT2D eigenvalue weighted by Crippen LogP contribution is -2.46. The van der Waals surface area contributed by atoms with Crippen molar-refractivity contribution in [1.82, 2.24) is 29.5 Å². The number of aromatic nitrogens is 4. The second-order valence-electron chi connectivity index (χ2n) is 12.7. The van der Waals surface area contributed by atoms with Gasteiger partial charge in [-0.05, 0) is 62.1 Å². The molecule has 4 aromatic rings. The molecule has 2 aromatic heterocycles. The summed E-state index contributed by atoms with van der Waals surface area (Å²) in [5, 5.41) is 21.0. The fourth-order valence-electron chi connectivity index (χ4n) is 6.99. The summed E-state index contributed by atoms with van der Waals surface area (Å²) in [6.45, 7) is 4.75. The normalized spacial score (nSPS) is 17.4. The molecule has 2 fully saturated rings. The fourth-order valence-corrected chi connectivity index (χ4v) is 6.99. The molecule has 0 radical (unpaired) electrons. The number of fused-ring (bicyclic) bond motifs is 1. The van der Waals surface area contributed by atoms with Crippen molar-refractivity contribution < 1.29 is 14.7 Å². The number of para-hydroxylation sites is 2. The topological polar surface area (TPSA) is 152 Å². The second-order valence-corrected chi connectivity index (χ2v) is 12.7. The summed E-state index contributed by atoms with van der Waals surface area (Å²) in [4.78, 5) is 42.1. The van der Waals surface area contributed by atoms with Crippen molar-refractivity contribution in [2.75, 3.05) is 43.4 Å². The number of nitrogens with one attached hydrogen (secondary N) is 1. The number of piperidine rings is 1. The number of nitrogens with zero attached hydrogens (tertiary/aromatic N) is 6. The number of hydrogen-bond donors (Lipinski definition) is 3. The number of nitrogen functional groups attached to an aromatic ring is 1. The number of carbonyl (C=O) groups is 2. The molecule has 2 amide bonds. The lowest BCUT2D eigenvalue weighted by Gasteiger charge is -2.36. The van der Waals surface area contributed by atoms with Crippen LogP contribution in [0, 0.1) is 0 Å².